The molecule has 0 saturated carbocycles. The van der Waals surface area contributed by atoms with Crippen LogP contribution in [0.4, 0.5) is 0 Å². The van der Waals surface area contributed by atoms with Gasteiger partial charge in [-0.2, -0.15) is 0 Å². The van der Waals surface area contributed by atoms with Crippen molar-refractivity contribution in [1.82, 2.24) is 0 Å². The van der Waals surface area contributed by atoms with Gasteiger partial charge >= 0.3 is 0 Å². The first kappa shape index (κ1) is 22.3. The number of rotatable bonds is 0. The maximum absolute atomic E-state index is 8.00. The number of carbonyl (C=O) groups excluding carboxylic acids is 1. The SMILES string of the molecule is C=O.[Co].[Mn]. The van der Waals surface area contributed by atoms with Gasteiger partial charge in [0.25, 0.3) is 0 Å². The Labute approximate surface area is 45.8 Å². The van der Waals surface area contributed by atoms with Crippen molar-refractivity contribution >= 4 is 6.79 Å². The molecule has 0 heterocycles. The molecule has 0 aromatic carbocycles. The van der Waals surface area contributed by atoms with Crippen molar-refractivity contribution in [3.8, 4) is 0 Å². The summed E-state index contributed by atoms with van der Waals surface area (Å²) in [5.74, 6) is 0. The van der Waals surface area contributed by atoms with Crippen LogP contribution in [0.1, 0.15) is 0 Å². The summed E-state index contributed by atoms with van der Waals surface area (Å²) in [6, 6.07) is 0. The molecule has 0 rings (SSSR count). The molecule has 0 saturated heterocycles. The van der Waals surface area contributed by atoms with Crippen LogP contribution in [0.25, 0.3) is 0 Å². The summed E-state index contributed by atoms with van der Waals surface area (Å²) < 4.78 is 0. The predicted molar refractivity (Wildman–Crippen MR) is 7.12 cm³/mol. The predicted octanol–water partition coefficient (Wildman–Crippen LogP) is -0.190. The standard InChI is InChI=1S/CH2O.Co.Mn/c1-2;;/h1H2;;. The molecule has 0 N–H and O–H groups in total. The third-order valence-electron chi connectivity index (χ3n) is 0. The second-order valence-electron chi connectivity index (χ2n) is 0. The molecule has 4 heavy (non-hydrogen) atoms. The van der Waals surface area contributed by atoms with E-state index in [-0.39, 0.29) is 33.8 Å². The monoisotopic (exact) mass is 144 g/mol. The Morgan fingerprint density at radius 3 is 1.25 bits per heavy atom. The Hall–Kier alpha value is 0.696. The van der Waals surface area contributed by atoms with Gasteiger partial charge in [-0.25, -0.2) is 0 Å². The average Bonchev–Trinajstić information content (AvgIpc) is 1.00. The maximum Gasteiger partial charge on any atom is 0.106 e. The van der Waals surface area contributed by atoms with E-state index in [0.29, 0.717) is 0 Å². The molecule has 0 aromatic heterocycles. The van der Waals surface area contributed by atoms with Crippen molar-refractivity contribution in [3.05, 3.63) is 0 Å². The van der Waals surface area contributed by atoms with Crippen LogP contribution in [0.2, 0.25) is 0 Å². The first-order valence-corrected chi connectivity index (χ1v) is 0.289. The summed E-state index contributed by atoms with van der Waals surface area (Å²) in [6.07, 6.45) is 0. The second-order valence-corrected chi connectivity index (χ2v) is 0. The Balaban J connectivity index is -0.00000000500. The van der Waals surface area contributed by atoms with Crippen molar-refractivity contribution in [2.24, 2.45) is 0 Å². The van der Waals surface area contributed by atoms with E-state index >= 15 is 0 Å². The molecule has 28 valence electrons. The molecule has 0 bridgehead atoms. The summed E-state index contributed by atoms with van der Waals surface area (Å²) in [5, 5.41) is 0. The van der Waals surface area contributed by atoms with Crippen molar-refractivity contribution < 1.29 is 38.6 Å². The molecule has 0 aliphatic heterocycles. The molecule has 0 fully saturated rings. The summed E-state index contributed by atoms with van der Waals surface area (Å²) in [7, 11) is 0. The summed E-state index contributed by atoms with van der Waals surface area (Å²) in [4.78, 5) is 8.00. The normalized spacial score (nSPS) is 1.00. The Morgan fingerprint density at radius 2 is 1.25 bits per heavy atom. The van der Waals surface area contributed by atoms with Crippen LogP contribution in [-0.2, 0) is 38.6 Å². The van der Waals surface area contributed by atoms with Crippen molar-refractivity contribution in [1.29, 1.82) is 0 Å². The van der Waals surface area contributed by atoms with Gasteiger partial charge in [0, 0.05) is 33.8 Å². The summed E-state index contributed by atoms with van der Waals surface area (Å²) >= 11 is 0. The van der Waals surface area contributed by atoms with Crippen LogP contribution >= 0.6 is 0 Å². The van der Waals surface area contributed by atoms with Crippen LogP contribution in [0.3, 0.4) is 0 Å². The van der Waals surface area contributed by atoms with Gasteiger partial charge < -0.3 is 4.79 Å². The van der Waals surface area contributed by atoms with Crippen molar-refractivity contribution in [2.45, 2.75) is 0 Å². The maximum atomic E-state index is 8.00. The van der Waals surface area contributed by atoms with Crippen LogP contribution in [0.15, 0.2) is 0 Å². The van der Waals surface area contributed by atoms with E-state index in [1.54, 1.807) is 0 Å². The van der Waals surface area contributed by atoms with Crippen LogP contribution in [0, 0.1) is 0 Å². The fraction of sp³-hybridized carbons (Fsp3) is 0. The van der Waals surface area contributed by atoms with Crippen LogP contribution in [-0.4, -0.2) is 6.79 Å². The minimum Gasteiger partial charge on any atom is -0.307 e. The van der Waals surface area contributed by atoms with Gasteiger partial charge in [-0.1, -0.05) is 0 Å². The summed E-state index contributed by atoms with van der Waals surface area (Å²) in [5.41, 5.74) is 0. The van der Waals surface area contributed by atoms with Gasteiger partial charge in [0.1, 0.15) is 6.79 Å². The fourth-order valence-corrected chi connectivity index (χ4v) is 0. The average molecular weight is 144 g/mol. The minimum absolute atomic E-state index is 0. The van der Waals surface area contributed by atoms with E-state index in [1.165, 1.54) is 0 Å². The molecule has 1 nitrogen and oxygen atoms in total. The molecule has 0 aliphatic carbocycles. The van der Waals surface area contributed by atoms with Crippen LogP contribution < -0.4 is 0 Å². The van der Waals surface area contributed by atoms with Gasteiger partial charge in [-0.05, 0) is 0 Å². The molecule has 0 aliphatic rings. The quantitative estimate of drug-likeness (QED) is 0.430. The Bertz CT molecular complexity index is 8.00. The zero-order chi connectivity index (χ0) is 2.00. The number of hydrogen-bond donors (Lipinski definition) is 0. The number of hydrogen-bond acceptors (Lipinski definition) is 1. The zero-order valence-corrected chi connectivity index (χ0v) is 4.05. The first-order valence-electron chi connectivity index (χ1n) is 0.289. The van der Waals surface area contributed by atoms with Gasteiger partial charge in [0.2, 0.25) is 0 Å². The fourth-order valence-electron chi connectivity index (χ4n) is 0. The van der Waals surface area contributed by atoms with Gasteiger partial charge in [0.05, 0.1) is 0 Å². The number of carbonyl (C=O) groups is 1. The topological polar surface area (TPSA) is 17.1 Å². The molecule has 0 atom stereocenters. The van der Waals surface area contributed by atoms with E-state index in [9.17, 15) is 0 Å². The third kappa shape index (κ3) is 16.0. The molecular weight excluding hydrogens is 142 g/mol. The van der Waals surface area contributed by atoms with Crippen molar-refractivity contribution in [2.75, 3.05) is 0 Å². The molecule has 2 radical (unpaired) electrons. The molecule has 3 heteroatoms. The summed E-state index contributed by atoms with van der Waals surface area (Å²) in [6.45, 7) is 2.00. The molecular formula is CH2CoMnO. The van der Waals surface area contributed by atoms with E-state index in [4.69, 9.17) is 4.79 Å². The first-order chi connectivity index (χ1) is 1.00. The van der Waals surface area contributed by atoms with Gasteiger partial charge in [-0.15, -0.1) is 0 Å². The Morgan fingerprint density at radius 1 is 1.25 bits per heavy atom. The Kier molecular flexibility index (Phi) is 309. The molecule has 0 amide bonds. The second kappa shape index (κ2) is 55.5. The molecule has 0 unspecified atom stereocenters. The molecule has 0 spiro atoms. The van der Waals surface area contributed by atoms with Crippen molar-refractivity contribution in [3.63, 3.8) is 0 Å². The van der Waals surface area contributed by atoms with Gasteiger partial charge in [-0.3, -0.25) is 0 Å². The third-order valence-corrected chi connectivity index (χ3v) is 0. The zero-order valence-electron chi connectivity index (χ0n) is 1.83. The van der Waals surface area contributed by atoms with E-state index in [2.05, 4.69) is 0 Å². The van der Waals surface area contributed by atoms with E-state index < -0.39 is 0 Å². The minimum atomic E-state index is 0. The van der Waals surface area contributed by atoms with Crippen LogP contribution in [0.5, 0.6) is 0 Å². The molecule has 0 aromatic rings. The largest absolute Gasteiger partial charge is 0.307 e. The van der Waals surface area contributed by atoms with Gasteiger partial charge in [0.15, 0.2) is 0 Å². The van der Waals surface area contributed by atoms with E-state index in [0.717, 1.165) is 0 Å². The van der Waals surface area contributed by atoms with E-state index in [1.807, 2.05) is 6.79 Å². The smallest absolute Gasteiger partial charge is 0.106 e.